The highest BCUT2D eigenvalue weighted by Gasteiger charge is 2.21. The van der Waals surface area contributed by atoms with Crippen LogP contribution in [0.1, 0.15) is 38.8 Å². The van der Waals surface area contributed by atoms with Crippen LogP contribution in [-0.4, -0.2) is 26.2 Å². The van der Waals surface area contributed by atoms with Crippen LogP contribution in [0.15, 0.2) is 18.2 Å². The summed E-state index contributed by atoms with van der Waals surface area (Å²) in [6, 6.07) is 4.95. The van der Waals surface area contributed by atoms with Crippen molar-refractivity contribution in [1.82, 2.24) is 5.32 Å². The highest BCUT2D eigenvalue weighted by atomic mass is 16.5. The van der Waals surface area contributed by atoms with Gasteiger partial charge in [0.2, 0.25) is 5.91 Å². The number of amides is 1. The van der Waals surface area contributed by atoms with Crippen molar-refractivity contribution in [1.29, 1.82) is 0 Å². The maximum absolute atomic E-state index is 12.1. The number of ether oxygens (including phenoxy) is 2. The Morgan fingerprint density at radius 2 is 1.86 bits per heavy atom. The van der Waals surface area contributed by atoms with Gasteiger partial charge in [-0.05, 0) is 30.5 Å². The molecule has 0 bridgehead atoms. The third-order valence-electron chi connectivity index (χ3n) is 3.83. The minimum Gasteiger partial charge on any atom is -0.493 e. The molecule has 1 amide bonds. The van der Waals surface area contributed by atoms with Crippen molar-refractivity contribution in [2.75, 3.05) is 14.2 Å². The molecule has 0 spiro atoms. The lowest BCUT2D eigenvalue weighted by Crippen LogP contribution is -2.45. The number of hydrogen-bond acceptors (Lipinski definition) is 4. The zero-order valence-corrected chi connectivity index (χ0v) is 13.5. The summed E-state index contributed by atoms with van der Waals surface area (Å²) in [6.45, 7) is 5.92. The molecular formula is C16H26N2O3. The Morgan fingerprint density at radius 1 is 1.24 bits per heavy atom. The number of hydrogen-bond donors (Lipinski definition) is 2. The highest BCUT2D eigenvalue weighted by molar-refractivity contribution is 5.82. The van der Waals surface area contributed by atoms with E-state index in [1.807, 2.05) is 39.0 Å². The van der Waals surface area contributed by atoms with Gasteiger partial charge < -0.3 is 20.5 Å². The molecule has 1 rings (SSSR count). The van der Waals surface area contributed by atoms with Crippen molar-refractivity contribution in [3.05, 3.63) is 23.8 Å². The molecular weight excluding hydrogens is 268 g/mol. The third-order valence-corrected chi connectivity index (χ3v) is 3.83. The van der Waals surface area contributed by atoms with E-state index in [0.29, 0.717) is 11.5 Å². The Hall–Kier alpha value is -1.75. The molecule has 3 N–H and O–H groups in total. The van der Waals surface area contributed by atoms with Gasteiger partial charge in [-0.2, -0.15) is 0 Å². The van der Waals surface area contributed by atoms with Gasteiger partial charge in [0.15, 0.2) is 11.5 Å². The summed E-state index contributed by atoms with van der Waals surface area (Å²) in [5.41, 5.74) is 6.88. The van der Waals surface area contributed by atoms with Gasteiger partial charge in [0, 0.05) is 0 Å². The fourth-order valence-corrected chi connectivity index (χ4v) is 2.03. The van der Waals surface area contributed by atoms with Crippen LogP contribution in [0, 0.1) is 5.92 Å². The van der Waals surface area contributed by atoms with Crippen LogP contribution in [0.3, 0.4) is 0 Å². The first-order valence-corrected chi connectivity index (χ1v) is 7.22. The van der Waals surface area contributed by atoms with E-state index >= 15 is 0 Å². The van der Waals surface area contributed by atoms with Crippen molar-refractivity contribution < 1.29 is 14.3 Å². The Labute approximate surface area is 126 Å². The topological polar surface area (TPSA) is 73.6 Å². The molecule has 0 aliphatic carbocycles. The van der Waals surface area contributed by atoms with E-state index in [-0.39, 0.29) is 17.9 Å². The third kappa shape index (κ3) is 4.36. The van der Waals surface area contributed by atoms with Crippen molar-refractivity contribution in [2.45, 2.75) is 39.3 Å². The first kappa shape index (κ1) is 17.3. The summed E-state index contributed by atoms with van der Waals surface area (Å²) in [7, 11) is 3.18. The minimum atomic E-state index is -0.488. The number of benzene rings is 1. The van der Waals surface area contributed by atoms with Gasteiger partial charge in [0.25, 0.3) is 0 Å². The molecule has 0 fully saturated rings. The number of nitrogens with two attached hydrogens (primary N) is 1. The zero-order chi connectivity index (χ0) is 16.0. The van der Waals surface area contributed by atoms with E-state index in [0.717, 1.165) is 12.0 Å². The van der Waals surface area contributed by atoms with E-state index in [2.05, 4.69) is 5.32 Å². The van der Waals surface area contributed by atoms with Gasteiger partial charge in [-0.25, -0.2) is 0 Å². The predicted molar refractivity (Wildman–Crippen MR) is 83.5 cm³/mol. The summed E-state index contributed by atoms with van der Waals surface area (Å²) in [4.78, 5) is 12.1. The molecule has 5 nitrogen and oxygen atoms in total. The van der Waals surface area contributed by atoms with Crippen LogP contribution in [0.2, 0.25) is 0 Å². The fraction of sp³-hybridized carbons (Fsp3) is 0.562. The minimum absolute atomic E-state index is 0.133. The first-order valence-electron chi connectivity index (χ1n) is 7.22. The van der Waals surface area contributed by atoms with Crippen LogP contribution in [0.4, 0.5) is 0 Å². The Morgan fingerprint density at radius 3 is 2.38 bits per heavy atom. The highest BCUT2D eigenvalue weighted by Crippen LogP contribution is 2.29. The average Bonchev–Trinajstić information content (AvgIpc) is 2.52. The van der Waals surface area contributed by atoms with Crippen LogP contribution in [0.25, 0.3) is 0 Å². The Bertz CT molecular complexity index is 477. The molecule has 1 aromatic rings. The van der Waals surface area contributed by atoms with Crippen molar-refractivity contribution in [2.24, 2.45) is 11.7 Å². The van der Waals surface area contributed by atoms with Crippen LogP contribution in [0.5, 0.6) is 11.5 Å². The second-order valence-corrected chi connectivity index (χ2v) is 5.26. The van der Waals surface area contributed by atoms with Crippen molar-refractivity contribution >= 4 is 5.91 Å². The largest absolute Gasteiger partial charge is 0.493 e. The average molecular weight is 294 g/mol. The normalized spacial score (nSPS) is 15.0. The molecule has 0 radical (unpaired) electrons. The molecule has 3 unspecified atom stereocenters. The SMILES string of the molecule is CCC(C)C(N)C(=O)NC(C)c1ccc(OC)c(OC)c1. The van der Waals surface area contributed by atoms with Crippen LogP contribution >= 0.6 is 0 Å². The summed E-state index contributed by atoms with van der Waals surface area (Å²) in [5, 5.41) is 2.94. The summed E-state index contributed by atoms with van der Waals surface area (Å²) < 4.78 is 10.5. The smallest absolute Gasteiger partial charge is 0.237 e. The lowest BCUT2D eigenvalue weighted by atomic mass is 9.98. The second-order valence-electron chi connectivity index (χ2n) is 5.26. The maximum Gasteiger partial charge on any atom is 0.237 e. The van der Waals surface area contributed by atoms with Gasteiger partial charge in [-0.3, -0.25) is 4.79 Å². The van der Waals surface area contributed by atoms with Crippen LogP contribution in [-0.2, 0) is 4.79 Å². The van der Waals surface area contributed by atoms with Gasteiger partial charge in [-0.1, -0.05) is 26.3 Å². The molecule has 21 heavy (non-hydrogen) atoms. The molecule has 0 heterocycles. The molecule has 1 aromatic carbocycles. The number of carbonyl (C=O) groups is 1. The van der Waals surface area contributed by atoms with Crippen molar-refractivity contribution in [3.63, 3.8) is 0 Å². The molecule has 0 saturated carbocycles. The first-order chi connectivity index (χ1) is 9.94. The molecule has 5 heteroatoms. The quantitative estimate of drug-likeness (QED) is 0.809. The number of nitrogens with one attached hydrogen (secondary N) is 1. The maximum atomic E-state index is 12.1. The Balaban J connectivity index is 2.80. The Kier molecular flexibility index (Phi) is 6.49. The van der Waals surface area contributed by atoms with Gasteiger partial charge in [-0.15, -0.1) is 0 Å². The number of methoxy groups -OCH3 is 2. The summed E-state index contributed by atoms with van der Waals surface area (Å²) in [5.74, 6) is 1.33. The lowest BCUT2D eigenvalue weighted by Gasteiger charge is -2.22. The van der Waals surface area contributed by atoms with Gasteiger partial charge >= 0.3 is 0 Å². The van der Waals surface area contributed by atoms with Crippen LogP contribution < -0.4 is 20.5 Å². The number of rotatable bonds is 7. The van der Waals surface area contributed by atoms with E-state index in [1.165, 1.54) is 0 Å². The monoisotopic (exact) mass is 294 g/mol. The molecule has 0 aromatic heterocycles. The molecule has 0 saturated heterocycles. The van der Waals surface area contributed by atoms with Gasteiger partial charge in [0.1, 0.15) is 0 Å². The lowest BCUT2D eigenvalue weighted by molar-refractivity contribution is -0.124. The van der Waals surface area contributed by atoms with Crippen molar-refractivity contribution in [3.8, 4) is 11.5 Å². The fourth-order valence-electron chi connectivity index (χ4n) is 2.03. The standard InChI is InChI=1S/C16H26N2O3/c1-6-10(2)15(17)16(19)18-11(3)12-7-8-13(20-4)14(9-12)21-5/h7-11,15H,6,17H2,1-5H3,(H,18,19). The molecule has 0 aliphatic heterocycles. The summed E-state index contributed by atoms with van der Waals surface area (Å²) >= 11 is 0. The molecule has 3 atom stereocenters. The van der Waals surface area contributed by atoms with E-state index in [9.17, 15) is 4.79 Å². The zero-order valence-electron chi connectivity index (χ0n) is 13.5. The molecule has 0 aliphatic rings. The van der Waals surface area contributed by atoms with E-state index in [4.69, 9.17) is 15.2 Å². The van der Waals surface area contributed by atoms with Gasteiger partial charge in [0.05, 0.1) is 26.3 Å². The predicted octanol–water partition coefficient (Wildman–Crippen LogP) is 2.25. The van der Waals surface area contributed by atoms with E-state index in [1.54, 1.807) is 14.2 Å². The second kappa shape index (κ2) is 7.88. The number of carbonyl (C=O) groups excluding carboxylic acids is 1. The molecule has 118 valence electrons. The summed E-state index contributed by atoms with van der Waals surface area (Å²) in [6.07, 6.45) is 0.874. The van der Waals surface area contributed by atoms with E-state index < -0.39 is 6.04 Å².